The Morgan fingerprint density at radius 1 is 1.33 bits per heavy atom. The fraction of sp³-hybridized carbons (Fsp3) is 0.600. The van der Waals surface area contributed by atoms with Gasteiger partial charge in [-0.25, -0.2) is 0 Å². The van der Waals surface area contributed by atoms with Crippen LogP contribution in [0.1, 0.15) is 6.42 Å². The molecule has 1 N–H and O–H groups in total. The third-order valence-corrected chi connectivity index (χ3v) is 3.66. The van der Waals surface area contributed by atoms with Crippen LogP contribution in [-0.2, 0) is 0 Å². The molecule has 1 aliphatic heterocycles. The summed E-state index contributed by atoms with van der Waals surface area (Å²) in [6.45, 7) is 5.87. The largest absolute Gasteiger partial charge is 0.384 e. The third kappa shape index (κ3) is 4.31. The molecule has 1 heterocycles. The zero-order valence-electron chi connectivity index (χ0n) is 11.6. The van der Waals surface area contributed by atoms with Crippen molar-refractivity contribution in [2.24, 2.45) is 5.92 Å². The van der Waals surface area contributed by atoms with Crippen molar-refractivity contribution in [2.75, 3.05) is 52.1 Å². The van der Waals surface area contributed by atoms with Crippen molar-refractivity contribution >= 4 is 5.69 Å². The van der Waals surface area contributed by atoms with Crippen molar-refractivity contribution in [3.63, 3.8) is 0 Å². The Morgan fingerprint density at radius 2 is 2.11 bits per heavy atom. The van der Waals surface area contributed by atoms with Gasteiger partial charge in [-0.05, 0) is 45.1 Å². The predicted molar refractivity (Wildman–Crippen MR) is 78.0 cm³/mol. The van der Waals surface area contributed by atoms with Crippen molar-refractivity contribution in [3.05, 3.63) is 30.3 Å². The number of rotatable bonds is 6. The summed E-state index contributed by atoms with van der Waals surface area (Å²) in [5.74, 6) is 0.858. The summed E-state index contributed by atoms with van der Waals surface area (Å²) in [5.41, 5.74) is 1.21. The quantitative estimate of drug-likeness (QED) is 0.829. The van der Waals surface area contributed by atoms with Gasteiger partial charge in [0.1, 0.15) is 0 Å². The van der Waals surface area contributed by atoms with E-state index in [1.165, 1.54) is 31.7 Å². The van der Waals surface area contributed by atoms with Gasteiger partial charge in [-0.1, -0.05) is 18.2 Å². The number of likely N-dealkylation sites (N-methyl/N-ethyl adjacent to an activating group) is 1. The van der Waals surface area contributed by atoms with E-state index in [1.807, 2.05) is 6.07 Å². The molecule has 1 aromatic rings. The normalized spacial score (nSPS) is 20.5. The van der Waals surface area contributed by atoms with Gasteiger partial charge in [0.25, 0.3) is 0 Å². The molecule has 0 bridgehead atoms. The Morgan fingerprint density at radius 3 is 2.78 bits per heavy atom. The predicted octanol–water partition coefficient (Wildman–Crippen LogP) is 1.98. The first-order chi connectivity index (χ1) is 8.74. The third-order valence-electron chi connectivity index (χ3n) is 3.66. The van der Waals surface area contributed by atoms with E-state index in [1.54, 1.807) is 0 Å². The number of nitrogens with zero attached hydrogens (tertiary/aromatic N) is 2. The lowest BCUT2D eigenvalue weighted by molar-refractivity contribution is 0.281. The van der Waals surface area contributed by atoms with E-state index in [9.17, 15) is 0 Å². The molecule has 0 spiro atoms. The molecule has 1 aliphatic rings. The highest BCUT2D eigenvalue weighted by Gasteiger charge is 2.20. The Kier molecular flexibility index (Phi) is 5.02. The van der Waals surface area contributed by atoms with E-state index in [-0.39, 0.29) is 0 Å². The van der Waals surface area contributed by atoms with Crippen LogP contribution in [0.15, 0.2) is 30.3 Å². The SMILES string of the molecule is CN(CCNc1ccccc1)CC1CCN(C)C1. The van der Waals surface area contributed by atoms with E-state index >= 15 is 0 Å². The molecule has 0 saturated carbocycles. The van der Waals surface area contributed by atoms with E-state index < -0.39 is 0 Å². The minimum atomic E-state index is 0.858. The lowest BCUT2D eigenvalue weighted by Crippen LogP contribution is -2.31. The van der Waals surface area contributed by atoms with Crippen LogP contribution >= 0.6 is 0 Å². The molecular formula is C15H25N3. The molecule has 18 heavy (non-hydrogen) atoms. The smallest absolute Gasteiger partial charge is 0.0340 e. The summed E-state index contributed by atoms with van der Waals surface area (Å²) in [4.78, 5) is 4.88. The summed E-state index contributed by atoms with van der Waals surface area (Å²) in [7, 11) is 4.45. The number of hydrogen-bond acceptors (Lipinski definition) is 3. The van der Waals surface area contributed by atoms with Crippen molar-refractivity contribution in [1.82, 2.24) is 9.80 Å². The molecule has 1 aromatic carbocycles. The van der Waals surface area contributed by atoms with Crippen molar-refractivity contribution in [1.29, 1.82) is 0 Å². The van der Waals surface area contributed by atoms with Crippen molar-refractivity contribution in [2.45, 2.75) is 6.42 Å². The number of likely N-dealkylation sites (tertiary alicyclic amines) is 1. The van der Waals surface area contributed by atoms with Gasteiger partial charge in [-0.15, -0.1) is 0 Å². The Hall–Kier alpha value is -1.06. The van der Waals surface area contributed by atoms with Crippen LogP contribution in [0.5, 0.6) is 0 Å². The highest BCUT2D eigenvalue weighted by molar-refractivity contribution is 5.42. The maximum atomic E-state index is 3.46. The van der Waals surface area contributed by atoms with Crippen molar-refractivity contribution < 1.29 is 0 Å². The molecule has 2 rings (SSSR count). The van der Waals surface area contributed by atoms with E-state index in [0.717, 1.165) is 19.0 Å². The maximum Gasteiger partial charge on any atom is 0.0340 e. The van der Waals surface area contributed by atoms with Crippen LogP contribution in [0.4, 0.5) is 5.69 Å². The number of anilines is 1. The van der Waals surface area contributed by atoms with Gasteiger partial charge in [0.05, 0.1) is 0 Å². The van der Waals surface area contributed by atoms with Gasteiger partial charge in [0.15, 0.2) is 0 Å². The van der Waals surface area contributed by atoms with Gasteiger partial charge in [-0.3, -0.25) is 0 Å². The summed E-state index contributed by atoms with van der Waals surface area (Å²) in [5, 5.41) is 3.46. The summed E-state index contributed by atoms with van der Waals surface area (Å²) >= 11 is 0. The first kappa shape index (κ1) is 13.4. The fourth-order valence-corrected chi connectivity index (χ4v) is 2.65. The van der Waals surface area contributed by atoms with Gasteiger partial charge in [-0.2, -0.15) is 0 Å². The standard InChI is InChI=1S/C15H25N3/c1-17-10-8-14(12-17)13-18(2)11-9-16-15-6-4-3-5-7-15/h3-7,14,16H,8-13H2,1-2H3. The average molecular weight is 247 g/mol. The number of benzene rings is 1. The highest BCUT2D eigenvalue weighted by Crippen LogP contribution is 2.14. The zero-order valence-corrected chi connectivity index (χ0v) is 11.6. The Bertz CT molecular complexity index is 339. The number of hydrogen-bond donors (Lipinski definition) is 1. The molecule has 3 nitrogen and oxygen atoms in total. The summed E-state index contributed by atoms with van der Waals surface area (Å²) in [6.07, 6.45) is 1.35. The van der Waals surface area contributed by atoms with Crippen LogP contribution < -0.4 is 5.32 Å². The van der Waals surface area contributed by atoms with E-state index in [0.29, 0.717) is 0 Å². The molecule has 0 aromatic heterocycles. The summed E-state index contributed by atoms with van der Waals surface area (Å²) < 4.78 is 0. The van der Waals surface area contributed by atoms with Crippen LogP contribution in [0.2, 0.25) is 0 Å². The molecule has 0 aliphatic carbocycles. The lowest BCUT2D eigenvalue weighted by Gasteiger charge is -2.21. The second-order valence-corrected chi connectivity index (χ2v) is 5.47. The lowest BCUT2D eigenvalue weighted by atomic mass is 10.1. The van der Waals surface area contributed by atoms with Crippen LogP contribution in [-0.4, -0.2) is 56.6 Å². The van der Waals surface area contributed by atoms with Gasteiger partial charge >= 0.3 is 0 Å². The second kappa shape index (κ2) is 6.76. The maximum absolute atomic E-state index is 3.46. The first-order valence-corrected chi connectivity index (χ1v) is 6.90. The number of nitrogens with one attached hydrogen (secondary N) is 1. The van der Waals surface area contributed by atoms with E-state index in [4.69, 9.17) is 0 Å². The van der Waals surface area contributed by atoms with Gasteiger partial charge < -0.3 is 15.1 Å². The molecule has 0 radical (unpaired) electrons. The van der Waals surface area contributed by atoms with Crippen LogP contribution in [0, 0.1) is 5.92 Å². The molecule has 3 heteroatoms. The monoisotopic (exact) mass is 247 g/mol. The Labute approximate surface area is 111 Å². The second-order valence-electron chi connectivity index (χ2n) is 5.47. The molecule has 1 unspecified atom stereocenters. The molecule has 1 atom stereocenters. The number of para-hydroxylation sites is 1. The molecular weight excluding hydrogens is 222 g/mol. The van der Waals surface area contributed by atoms with Gasteiger partial charge in [0.2, 0.25) is 0 Å². The zero-order chi connectivity index (χ0) is 12.8. The topological polar surface area (TPSA) is 18.5 Å². The van der Waals surface area contributed by atoms with Gasteiger partial charge in [0, 0.05) is 31.9 Å². The van der Waals surface area contributed by atoms with Crippen molar-refractivity contribution in [3.8, 4) is 0 Å². The molecule has 1 saturated heterocycles. The molecule has 100 valence electrons. The minimum absolute atomic E-state index is 0.858. The van der Waals surface area contributed by atoms with Crippen LogP contribution in [0.3, 0.4) is 0 Å². The van der Waals surface area contributed by atoms with E-state index in [2.05, 4.69) is 53.5 Å². The first-order valence-electron chi connectivity index (χ1n) is 6.90. The minimum Gasteiger partial charge on any atom is -0.384 e. The fourth-order valence-electron chi connectivity index (χ4n) is 2.65. The molecule has 0 amide bonds. The Balaban J connectivity index is 1.61. The highest BCUT2D eigenvalue weighted by atomic mass is 15.2. The summed E-state index contributed by atoms with van der Waals surface area (Å²) in [6, 6.07) is 10.4. The molecule has 1 fully saturated rings. The average Bonchev–Trinajstić information content (AvgIpc) is 2.76. The van der Waals surface area contributed by atoms with Crippen LogP contribution in [0.25, 0.3) is 0 Å².